The fourth-order valence-corrected chi connectivity index (χ4v) is 5.38. The molecule has 0 radical (unpaired) electrons. The van der Waals surface area contributed by atoms with Crippen LogP contribution in [0.5, 0.6) is 11.5 Å². The van der Waals surface area contributed by atoms with E-state index in [1.54, 1.807) is 30.3 Å². The number of benzene rings is 2. The van der Waals surface area contributed by atoms with Crippen LogP contribution in [-0.2, 0) is 16.0 Å². The molecule has 1 aliphatic heterocycles. The highest BCUT2D eigenvalue weighted by Crippen LogP contribution is 2.37. The molecule has 8 heteroatoms. The van der Waals surface area contributed by atoms with Gasteiger partial charge in [-0.1, -0.05) is 31.0 Å². The molecule has 0 bridgehead atoms. The standard InChI is InChI=1S/C27H27FN2O4S/c28-19-9-7-18(8-10-19)26(27(32)29-20-4-1-2-5-20)30(25(31)17-22-6-3-15-35-22)21-11-12-23-24(16-21)34-14-13-33-23/h3,6-12,15-16,20,26H,1-2,4-5,13-14,17H2,(H,29,32)/t26-/m1/s1. The van der Waals surface area contributed by atoms with Gasteiger partial charge in [-0.15, -0.1) is 11.3 Å². The van der Waals surface area contributed by atoms with Crippen molar-refractivity contribution < 1.29 is 23.5 Å². The quantitative estimate of drug-likeness (QED) is 0.500. The number of carbonyl (C=O) groups is 2. The third-order valence-corrected chi connectivity index (χ3v) is 7.25. The van der Waals surface area contributed by atoms with Crippen LogP contribution in [-0.4, -0.2) is 31.1 Å². The molecule has 0 unspecified atom stereocenters. The summed E-state index contributed by atoms with van der Waals surface area (Å²) in [6, 6.07) is 13.9. The van der Waals surface area contributed by atoms with Crippen LogP contribution >= 0.6 is 11.3 Å². The van der Waals surface area contributed by atoms with Crippen molar-refractivity contribution in [3.05, 3.63) is 76.2 Å². The van der Waals surface area contributed by atoms with Gasteiger partial charge in [-0.05, 0) is 54.1 Å². The summed E-state index contributed by atoms with van der Waals surface area (Å²) in [7, 11) is 0. The Hall–Kier alpha value is -3.39. The van der Waals surface area contributed by atoms with Crippen LogP contribution in [0.4, 0.5) is 10.1 Å². The Balaban J connectivity index is 1.57. The minimum Gasteiger partial charge on any atom is -0.486 e. The van der Waals surface area contributed by atoms with Crippen LogP contribution in [0.2, 0.25) is 0 Å². The van der Waals surface area contributed by atoms with E-state index in [9.17, 15) is 14.0 Å². The first kappa shape index (κ1) is 23.4. The molecule has 35 heavy (non-hydrogen) atoms. The number of anilines is 1. The van der Waals surface area contributed by atoms with Crippen molar-refractivity contribution in [1.29, 1.82) is 0 Å². The average molecular weight is 495 g/mol. The molecule has 2 aliphatic rings. The van der Waals surface area contributed by atoms with Crippen molar-refractivity contribution in [1.82, 2.24) is 5.32 Å². The zero-order valence-electron chi connectivity index (χ0n) is 19.2. The summed E-state index contributed by atoms with van der Waals surface area (Å²) in [6.45, 7) is 0.860. The number of hydrogen-bond donors (Lipinski definition) is 1. The number of fused-ring (bicyclic) bond motifs is 1. The number of halogens is 1. The van der Waals surface area contributed by atoms with E-state index in [1.165, 1.54) is 28.4 Å². The Morgan fingerprint density at radius 3 is 2.49 bits per heavy atom. The molecule has 1 aromatic heterocycles. The van der Waals surface area contributed by atoms with E-state index in [0.29, 0.717) is 36.0 Å². The molecular weight excluding hydrogens is 467 g/mol. The highest BCUT2D eigenvalue weighted by molar-refractivity contribution is 7.10. The molecule has 0 saturated heterocycles. The Bertz CT molecular complexity index is 1180. The van der Waals surface area contributed by atoms with Gasteiger partial charge in [0.2, 0.25) is 11.8 Å². The molecule has 1 aliphatic carbocycles. The first-order chi connectivity index (χ1) is 17.1. The van der Waals surface area contributed by atoms with Crippen molar-refractivity contribution >= 4 is 28.8 Å². The second kappa shape index (κ2) is 10.5. The van der Waals surface area contributed by atoms with Gasteiger partial charge in [-0.25, -0.2) is 4.39 Å². The SMILES string of the molecule is O=C(NC1CCCC1)[C@@H](c1ccc(F)cc1)N(C(=O)Cc1cccs1)c1ccc2c(c1)OCCO2. The van der Waals surface area contributed by atoms with E-state index in [-0.39, 0.29) is 24.3 Å². The summed E-state index contributed by atoms with van der Waals surface area (Å²) in [5.41, 5.74) is 1.06. The maximum absolute atomic E-state index is 13.8. The van der Waals surface area contributed by atoms with Crippen molar-refractivity contribution in [2.45, 2.75) is 44.2 Å². The third-order valence-electron chi connectivity index (χ3n) is 6.37. The number of amides is 2. The van der Waals surface area contributed by atoms with Gasteiger partial charge < -0.3 is 14.8 Å². The first-order valence-corrected chi connectivity index (χ1v) is 12.8. The lowest BCUT2D eigenvalue weighted by atomic mass is 10.0. The molecule has 5 rings (SSSR count). The van der Waals surface area contributed by atoms with Crippen molar-refractivity contribution in [3.8, 4) is 11.5 Å². The molecule has 1 saturated carbocycles. The van der Waals surface area contributed by atoms with Gasteiger partial charge >= 0.3 is 0 Å². The van der Waals surface area contributed by atoms with Crippen LogP contribution in [0.1, 0.15) is 42.2 Å². The molecule has 1 fully saturated rings. The summed E-state index contributed by atoms with van der Waals surface area (Å²) in [5, 5.41) is 5.06. The number of nitrogens with one attached hydrogen (secondary N) is 1. The highest BCUT2D eigenvalue weighted by atomic mass is 32.1. The maximum atomic E-state index is 13.8. The monoisotopic (exact) mass is 494 g/mol. The predicted molar refractivity (Wildman–Crippen MR) is 132 cm³/mol. The smallest absolute Gasteiger partial charge is 0.248 e. The normalized spacial score (nSPS) is 16.0. The van der Waals surface area contributed by atoms with E-state index in [0.717, 1.165) is 30.6 Å². The third kappa shape index (κ3) is 5.32. The summed E-state index contributed by atoms with van der Waals surface area (Å²) >= 11 is 1.49. The van der Waals surface area contributed by atoms with Crippen LogP contribution in [0.3, 0.4) is 0 Å². The molecular formula is C27H27FN2O4S. The van der Waals surface area contributed by atoms with Gasteiger partial charge in [0.15, 0.2) is 11.5 Å². The Morgan fingerprint density at radius 2 is 1.77 bits per heavy atom. The number of rotatable bonds is 7. The average Bonchev–Trinajstić information content (AvgIpc) is 3.57. The Labute approximate surface area is 207 Å². The summed E-state index contributed by atoms with van der Waals surface area (Å²) in [6.07, 6.45) is 4.09. The van der Waals surface area contributed by atoms with Gasteiger partial charge in [0.1, 0.15) is 25.1 Å². The summed E-state index contributed by atoms with van der Waals surface area (Å²) in [4.78, 5) is 30.0. The zero-order chi connectivity index (χ0) is 24.2. The molecule has 6 nitrogen and oxygen atoms in total. The molecule has 2 heterocycles. The van der Waals surface area contributed by atoms with Crippen LogP contribution in [0.15, 0.2) is 60.0 Å². The highest BCUT2D eigenvalue weighted by Gasteiger charge is 2.35. The van der Waals surface area contributed by atoms with E-state index in [1.807, 2.05) is 17.5 Å². The van der Waals surface area contributed by atoms with Gasteiger partial charge in [0.05, 0.1) is 6.42 Å². The second-order valence-corrected chi connectivity index (χ2v) is 9.82. The largest absolute Gasteiger partial charge is 0.486 e. The lowest BCUT2D eigenvalue weighted by Gasteiger charge is -2.33. The molecule has 1 atom stereocenters. The Morgan fingerprint density at radius 1 is 1.03 bits per heavy atom. The lowest BCUT2D eigenvalue weighted by Crippen LogP contribution is -2.46. The number of thiophene rings is 1. The van der Waals surface area contributed by atoms with Gasteiger partial charge in [0, 0.05) is 22.7 Å². The van der Waals surface area contributed by atoms with E-state index < -0.39 is 11.9 Å². The lowest BCUT2D eigenvalue weighted by molar-refractivity contribution is -0.127. The van der Waals surface area contributed by atoms with E-state index in [4.69, 9.17) is 9.47 Å². The second-order valence-electron chi connectivity index (χ2n) is 8.79. The topological polar surface area (TPSA) is 67.9 Å². The number of hydrogen-bond acceptors (Lipinski definition) is 5. The molecule has 1 N–H and O–H groups in total. The van der Waals surface area contributed by atoms with E-state index in [2.05, 4.69) is 5.32 Å². The summed E-state index contributed by atoms with van der Waals surface area (Å²) in [5.74, 6) is 0.202. The number of ether oxygens (including phenoxy) is 2. The van der Waals surface area contributed by atoms with Crippen molar-refractivity contribution in [3.63, 3.8) is 0 Å². The number of nitrogens with zero attached hydrogens (tertiary/aromatic N) is 1. The van der Waals surface area contributed by atoms with Gasteiger partial charge in [0.25, 0.3) is 0 Å². The number of carbonyl (C=O) groups excluding carboxylic acids is 2. The summed E-state index contributed by atoms with van der Waals surface area (Å²) < 4.78 is 25.2. The van der Waals surface area contributed by atoms with Crippen molar-refractivity contribution in [2.75, 3.05) is 18.1 Å². The minimum absolute atomic E-state index is 0.0694. The molecule has 0 spiro atoms. The molecule has 182 valence electrons. The maximum Gasteiger partial charge on any atom is 0.248 e. The fraction of sp³-hybridized carbons (Fsp3) is 0.333. The first-order valence-electron chi connectivity index (χ1n) is 11.9. The van der Waals surface area contributed by atoms with Gasteiger partial charge in [-0.3, -0.25) is 14.5 Å². The molecule has 2 aromatic carbocycles. The Kier molecular flexibility index (Phi) is 6.99. The van der Waals surface area contributed by atoms with Crippen LogP contribution in [0.25, 0.3) is 0 Å². The zero-order valence-corrected chi connectivity index (χ0v) is 20.1. The molecule has 3 aromatic rings. The fourth-order valence-electron chi connectivity index (χ4n) is 4.68. The minimum atomic E-state index is -0.966. The van der Waals surface area contributed by atoms with Crippen LogP contribution in [0, 0.1) is 5.82 Å². The van der Waals surface area contributed by atoms with Crippen LogP contribution < -0.4 is 19.7 Å². The van der Waals surface area contributed by atoms with E-state index >= 15 is 0 Å². The van der Waals surface area contributed by atoms with Crippen molar-refractivity contribution in [2.24, 2.45) is 0 Å². The molecule has 2 amide bonds. The predicted octanol–water partition coefficient (Wildman–Crippen LogP) is 5.03. The van der Waals surface area contributed by atoms with Gasteiger partial charge in [-0.2, -0.15) is 0 Å².